The van der Waals surface area contributed by atoms with Crippen molar-refractivity contribution in [3.63, 3.8) is 0 Å². The summed E-state index contributed by atoms with van der Waals surface area (Å²) in [6.45, 7) is 6.10. The number of aromatic nitrogens is 1. The van der Waals surface area contributed by atoms with Crippen LogP contribution in [0.25, 0.3) is 0 Å². The molecule has 1 aromatic carbocycles. The minimum absolute atomic E-state index is 0. The van der Waals surface area contributed by atoms with Crippen LogP contribution in [0.5, 0.6) is 0 Å². The zero-order valence-corrected chi connectivity index (χ0v) is 19.3. The molecule has 0 aliphatic carbocycles. The molecule has 0 radical (unpaired) electrons. The third-order valence-electron chi connectivity index (χ3n) is 4.79. The van der Waals surface area contributed by atoms with Gasteiger partial charge in [-0.3, -0.25) is 9.89 Å². The maximum Gasteiger partial charge on any atom is 0.191 e. The van der Waals surface area contributed by atoms with Gasteiger partial charge >= 0.3 is 0 Å². The smallest absolute Gasteiger partial charge is 0.191 e. The number of rotatable bonds is 7. The number of thiazole rings is 1. The zero-order chi connectivity index (χ0) is 18.2. The molecule has 7 heteroatoms. The van der Waals surface area contributed by atoms with Crippen LogP contribution in [0.2, 0.25) is 0 Å². The highest BCUT2D eigenvalue weighted by Gasteiger charge is 2.23. The Morgan fingerprint density at radius 2 is 1.96 bits per heavy atom. The Kier molecular flexibility index (Phi) is 9.50. The van der Waals surface area contributed by atoms with Gasteiger partial charge in [0, 0.05) is 31.9 Å². The monoisotopic (exact) mass is 499 g/mol. The molecule has 1 unspecified atom stereocenters. The Bertz CT molecular complexity index is 697. The number of aliphatic imine (C=N–C) groups is 1. The second kappa shape index (κ2) is 11.6. The highest BCUT2D eigenvalue weighted by Crippen LogP contribution is 2.24. The molecule has 0 amide bonds. The van der Waals surface area contributed by atoms with E-state index in [1.165, 1.54) is 31.5 Å². The number of hydrogen-bond acceptors (Lipinski definition) is 4. The molecule has 1 fully saturated rings. The summed E-state index contributed by atoms with van der Waals surface area (Å²) in [5.41, 5.74) is 2.52. The molecule has 1 saturated heterocycles. The maximum absolute atomic E-state index is 4.51. The minimum atomic E-state index is 0. The quantitative estimate of drug-likeness (QED) is 0.347. The molecular weight excluding hydrogens is 469 g/mol. The number of nitrogens with one attached hydrogen (secondary N) is 2. The van der Waals surface area contributed by atoms with Crippen LogP contribution in [0, 0.1) is 6.92 Å². The van der Waals surface area contributed by atoms with E-state index >= 15 is 0 Å². The summed E-state index contributed by atoms with van der Waals surface area (Å²) in [5, 5.41) is 10.2. The van der Waals surface area contributed by atoms with Gasteiger partial charge in [-0.2, -0.15) is 0 Å². The first-order valence-electron chi connectivity index (χ1n) is 9.41. The van der Waals surface area contributed by atoms with E-state index in [4.69, 9.17) is 0 Å². The molecule has 27 heavy (non-hydrogen) atoms. The largest absolute Gasteiger partial charge is 0.356 e. The van der Waals surface area contributed by atoms with Gasteiger partial charge in [-0.15, -0.1) is 35.3 Å². The Labute approximate surface area is 183 Å². The summed E-state index contributed by atoms with van der Waals surface area (Å²) in [4.78, 5) is 11.5. The first-order valence-corrected chi connectivity index (χ1v) is 10.3. The Morgan fingerprint density at radius 3 is 2.59 bits per heavy atom. The number of guanidine groups is 1. The van der Waals surface area contributed by atoms with E-state index in [9.17, 15) is 0 Å². The zero-order valence-electron chi connectivity index (χ0n) is 16.1. The Balaban J connectivity index is 0.00000261. The van der Waals surface area contributed by atoms with Crippen molar-refractivity contribution in [3.05, 3.63) is 52.0 Å². The lowest BCUT2D eigenvalue weighted by Gasteiger charge is -2.29. The number of benzene rings is 1. The summed E-state index contributed by atoms with van der Waals surface area (Å²) < 4.78 is 0. The topological polar surface area (TPSA) is 52.6 Å². The third-order valence-corrected chi connectivity index (χ3v) is 5.61. The second-order valence-corrected chi connectivity index (χ2v) is 7.72. The van der Waals surface area contributed by atoms with Crippen molar-refractivity contribution in [2.45, 2.75) is 32.2 Å². The molecule has 1 aromatic heterocycles. The first-order chi connectivity index (χ1) is 12.8. The van der Waals surface area contributed by atoms with Gasteiger partial charge in [0.2, 0.25) is 0 Å². The molecule has 148 valence electrons. The van der Waals surface area contributed by atoms with Crippen molar-refractivity contribution in [2.75, 3.05) is 33.2 Å². The van der Waals surface area contributed by atoms with Crippen LogP contribution in [0.3, 0.4) is 0 Å². The number of nitrogens with zero attached hydrogens (tertiary/aromatic N) is 3. The van der Waals surface area contributed by atoms with E-state index in [0.29, 0.717) is 6.04 Å². The fourth-order valence-electron chi connectivity index (χ4n) is 3.43. The molecule has 2 aromatic rings. The first kappa shape index (κ1) is 22.1. The van der Waals surface area contributed by atoms with E-state index in [1.54, 1.807) is 11.3 Å². The maximum atomic E-state index is 4.51. The van der Waals surface area contributed by atoms with E-state index in [2.05, 4.69) is 61.2 Å². The van der Waals surface area contributed by atoms with E-state index < -0.39 is 0 Å². The molecule has 1 aliphatic heterocycles. The highest BCUT2D eigenvalue weighted by atomic mass is 127. The van der Waals surface area contributed by atoms with E-state index in [-0.39, 0.29) is 24.0 Å². The van der Waals surface area contributed by atoms with Crippen LogP contribution in [0.4, 0.5) is 0 Å². The average Bonchev–Trinajstić information content (AvgIpc) is 3.33. The Morgan fingerprint density at radius 1 is 1.22 bits per heavy atom. The molecule has 1 aliphatic rings. The summed E-state index contributed by atoms with van der Waals surface area (Å²) >= 11 is 1.70. The highest BCUT2D eigenvalue weighted by molar-refractivity contribution is 14.0. The molecule has 3 rings (SSSR count). The summed E-state index contributed by atoms with van der Waals surface area (Å²) in [6, 6.07) is 11.2. The lowest BCUT2D eigenvalue weighted by Crippen LogP contribution is -2.43. The second-order valence-electron chi connectivity index (χ2n) is 6.66. The van der Waals surface area contributed by atoms with Crippen LogP contribution < -0.4 is 10.6 Å². The van der Waals surface area contributed by atoms with Gasteiger partial charge in [-0.25, -0.2) is 4.98 Å². The van der Waals surface area contributed by atoms with Crippen LogP contribution in [-0.4, -0.2) is 49.1 Å². The van der Waals surface area contributed by atoms with E-state index in [0.717, 1.165) is 36.2 Å². The standard InChI is InChI=1S/C20H29N5S.HI/c1-16-24-18(15-26-16)10-11-22-20(21-2)23-14-19(25-12-6-7-13-25)17-8-4-3-5-9-17;/h3-5,8-9,15,19H,6-7,10-14H2,1-2H3,(H2,21,22,23);1H. The number of hydrogen-bond donors (Lipinski definition) is 2. The van der Waals surface area contributed by atoms with Gasteiger partial charge in [0.1, 0.15) is 0 Å². The molecule has 2 heterocycles. The fourth-order valence-corrected chi connectivity index (χ4v) is 4.08. The lowest BCUT2D eigenvalue weighted by molar-refractivity contribution is 0.245. The Hall–Kier alpha value is -1.19. The predicted octanol–water partition coefficient (Wildman–Crippen LogP) is 3.61. The average molecular weight is 499 g/mol. The molecular formula is C20H30IN5S. The van der Waals surface area contributed by atoms with Gasteiger partial charge < -0.3 is 10.6 Å². The van der Waals surface area contributed by atoms with Crippen molar-refractivity contribution < 1.29 is 0 Å². The molecule has 0 saturated carbocycles. The van der Waals surface area contributed by atoms with E-state index in [1.807, 2.05) is 14.0 Å². The third kappa shape index (κ3) is 6.73. The normalized spacial score (nSPS) is 16.0. The van der Waals surface area contributed by atoms with Crippen molar-refractivity contribution in [1.82, 2.24) is 20.5 Å². The predicted molar refractivity (Wildman–Crippen MR) is 125 cm³/mol. The summed E-state index contributed by atoms with van der Waals surface area (Å²) in [5.74, 6) is 0.858. The van der Waals surface area contributed by atoms with Crippen molar-refractivity contribution in [1.29, 1.82) is 0 Å². The van der Waals surface area contributed by atoms with Gasteiger partial charge in [0.15, 0.2) is 5.96 Å². The molecule has 5 nitrogen and oxygen atoms in total. The lowest BCUT2D eigenvalue weighted by atomic mass is 10.1. The van der Waals surface area contributed by atoms with Gasteiger partial charge in [-0.1, -0.05) is 30.3 Å². The SMILES string of the molecule is CN=C(NCCc1csc(C)n1)NCC(c1ccccc1)N1CCCC1.I. The van der Waals surface area contributed by atoms with Gasteiger partial charge in [0.25, 0.3) is 0 Å². The van der Waals surface area contributed by atoms with Crippen LogP contribution >= 0.6 is 35.3 Å². The van der Waals surface area contributed by atoms with Gasteiger partial charge in [-0.05, 0) is 38.4 Å². The van der Waals surface area contributed by atoms with Gasteiger partial charge in [0.05, 0.1) is 16.7 Å². The minimum Gasteiger partial charge on any atom is -0.356 e. The summed E-state index contributed by atoms with van der Waals surface area (Å²) in [7, 11) is 1.83. The van der Waals surface area contributed by atoms with Crippen molar-refractivity contribution >= 4 is 41.3 Å². The fraction of sp³-hybridized carbons (Fsp3) is 0.500. The van der Waals surface area contributed by atoms with Crippen LogP contribution in [0.1, 0.15) is 35.1 Å². The molecule has 0 bridgehead atoms. The molecule has 0 spiro atoms. The number of halogens is 1. The number of aryl methyl sites for hydroxylation is 1. The van der Waals surface area contributed by atoms with Crippen LogP contribution in [-0.2, 0) is 6.42 Å². The van der Waals surface area contributed by atoms with Crippen molar-refractivity contribution in [2.24, 2.45) is 4.99 Å². The summed E-state index contributed by atoms with van der Waals surface area (Å²) in [6.07, 6.45) is 3.51. The number of likely N-dealkylation sites (tertiary alicyclic amines) is 1. The van der Waals surface area contributed by atoms with Crippen LogP contribution in [0.15, 0.2) is 40.7 Å². The molecule has 2 N–H and O–H groups in total. The van der Waals surface area contributed by atoms with Crippen molar-refractivity contribution in [3.8, 4) is 0 Å². The molecule has 1 atom stereocenters.